The van der Waals surface area contributed by atoms with Crippen LogP contribution in [0.2, 0.25) is 0 Å². The van der Waals surface area contributed by atoms with Gasteiger partial charge in [-0.2, -0.15) is 0 Å². The summed E-state index contributed by atoms with van der Waals surface area (Å²) in [5, 5.41) is 6.57. The number of benzene rings is 1. The summed E-state index contributed by atoms with van der Waals surface area (Å²) in [7, 11) is 0. The van der Waals surface area contributed by atoms with Crippen LogP contribution in [0.1, 0.15) is 58.9 Å². The van der Waals surface area contributed by atoms with E-state index in [2.05, 4.69) is 36.6 Å². The van der Waals surface area contributed by atoms with Crippen LogP contribution in [0.15, 0.2) is 24.3 Å². The van der Waals surface area contributed by atoms with Gasteiger partial charge in [0.25, 0.3) is 0 Å². The second kappa shape index (κ2) is 12.2. The molecule has 0 saturated carbocycles. The smallest absolute Gasteiger partial charge is 0.220 e. The van der Waals surface area contributed by atoms with Gasteiger partial charge in [-0.1, -0.05) is 19.1 Å². The van der Waals surface area contributed by atoms with Gasteiger partial charge in [0.2, 0.25) is 5.91 Å². The van der Waals surface area contributed by atoms with Gasteiger partial charge < -0.3 is 15.4 Å². The molecule has 2 rings (SSSR count). The molecule has 0 spiro atoms. The molecule has 2 unspecified atom stereocenters. The van der Waals surface area contributed by atoms with Crippen molar-refractivity contribution in [1.29, 1.82) is 0 Å². The van der Waals surface area contributed by atoms with Crippen LogP contribution < -0.4 is 15.4 Å². The SMILES string of the molecule is CC(CCc1ccc(OC(C)C)cc1)NC(=O)CC(C)C1CCNCC1.Cl. The minimum absolute atomic E-state index is 0. The third-order valence-electron chi connectivity index (χ3n) is 5.26. The molecule has 1 heterocycles. The summed E-state index contributed by atoms with van der Waals surface area (Å²) in [6.45, 7) is 10.6. The third-order valence-corrected chi connectivity index (χ3v) is 5.26. The Morgan fingerprint density at radius 2 is 1.78 bits per heavy atom. The van der Waals surface area contributed by atoms with E-state index in [1.807, 2.05) is 26.0 Å². The molecule has 4 nitrogen and oxygen atoms in total. The van der Waals surface area contributed by atoms with Gasteiger partial charge in [0.15, 0.2) is 0 Å². The Kier molecular flexibility index (Phi) is 10.8. The number of aryl methyl sites for hydroxylation is 1. The standard InChI is InChI=1S/C22H36N2O2.ClH/c1-16(2)26-21-9-7-19(8-10-21)6-5-18(4)24-22(25)15-17(3)20-11-13-23-14-12-20;/h7-10,16-18,20,23H,5-6,11-15H2,1-4H3,(H,24,25);1H. The highest BCUT2D eigenvalue weighted by molar-refractivity contribution is 5.85. The Morgan fingerprint density at radius 1 is 1.15 bits per heavy atom. The van der Waals surface area contributed by atoms with Gasteiger partial charge >= 0.3 is 0 Å². The van der Waals surface area contributed by atoms with E-state index in [4.69, 9.17) is 4.74 Å². The van der Waals surface area contributed by atoms with Gasteiger partial charge in [0.05, 0.1) is 6.10 Å². The van der Waals surface area contributed by atoms with Crippen molar-refractivity contribution in [3.05, 3.63) is 29.8 Å². The maximum absolute atomic E-state index is 12.3. The topological polar surface area (TPSA) is 50.4 Å². The molecule has 1 fully saturated rings. The monoisotopic (exact) mass is 396 g/mol. The van der Waals surface area contributed by atoms with E-state index in [0.29, 0.717) is 18.3 Å². The van der Waals surface area contributed by atoms with Crippen molar-refractivity contribution in [2.75, 3.05) is 13.1 Å². The summed E-state index contributed by atoms with van der Waals surface area (Å²) in [6.07, 6.45) is 5.16. The number of carbonyl (C=O) groups excluding carboxylic acids is 1. The molecule has 0 aliphatic carbocycles. The van der Waals surface area contributed by atoms with E-state index in [1.165, 1.54) is 18.4 Å². The molecule has 1 aliphatic rings. The summed E-state index contributed by atoms with van der Waals surface area (Å²) in [5.74, 6) is 2.27. The highest BCUT2D eigenvalue weighted by Crippen LogP contribution is 2.24. The van der Waals surface area contributed by atoms with Crippen LogP contribution in [-0.4, -0.2) is 31.1 Å². The molecule has 1 saturated heterocycles. The van der Waals surface area contributed by atoms with Gasteiger partial charge in [-0.3, -0.25) is 4.79 Å². The molecule has 2 atom stereocenters. The van der Waals surface area contributed by atoms with Crippen molar-refractivity contribution in [1.82, 2.24) is 10.6 Å². The number of piperidine rings is 1. The van der Waals surface area contributed by atoms with Gasteiger partial charge in [-0.15, -0.1) is 12.4 Å². The molecule has 1 aliphatic heterocycles. The largest absolute Gasteiger partial charge is 0.491 e. The minimum Gasteiger partial charge on any atom is -0.491 e. The van der Waals surface area contributed by atoms with Crippen LogP contribution in [0.4, 0.5) is 0 Å². The normalized spacial score (nSPS) is 17.1. The molecule has 154 valence electrons. The molecule has 0 radical (unpaired) electrons. The Labute approximate surface area is 171 Å². The number of halogens is 1. The Balaban J connectivity index is 0.00000364. The highest BCUT2D eigenvalue weighted by Gasteiger charge is 2.22. The van der Waals surface area contributed by atoms with Crippen LogP contribution in [-0.2, 0) is 11.2 Å². The van der Waals surface area contributed by atoms with E-state index in [9.17, 15) is 4.79 Å². The average Bonchev–Trinajstić information content (AvgIpc) is 2.61. The van der Waals surface area contributed by atoms with Crippen LogP contribution in [0.3, 0.4) is 0 Å². The number of hydrogen-bond acceptors (Lipinski definition) is 3. The van der Waals surface area contributed by atoms with E-state index in [0.717, 1.165) is 31.7 Å². The van der Waals surface area contributed by atoms with Crippen molar-refractivity contribution < 1.29 is 9.53 Å². The Morgan fingerprint density at radius 3 is 2.37 bits per heavy atom. The van der Waals surface area contributed by atoms with Crippen LogP contribution in [0.25, 0.3) is 0 Å². The molecule has 2 N–H and O–H groups in total. The minimum atomic E-state index is 0. The Hall–Kier alpha value is -1.26. The molecule has 5 heteroatoms. The number of ether oxygens (including phenoxy) is 1. The fraction of sp³-hybridized carbons (Fsp3) is 0.682. The maximum Gasteiger partial charge on any atom is 0.220 e. The predicted octanol–water partition coefficient (Wildman–Crippen LogP) is 4.36. The number of hydrogen-bond donors (Lipinski definition) is 2. The predicted molar refractivity (Wildman–Crippen MR) is 115 cm³/mol. The maximum atomic E-state index is 12.3. The van der Waals surface area contributed by atoms with Crippen molar-refractivity contribution in [2.45, 2.75) is 71.9 Å². The molecule has 1 amide bonds. The molecule has 1 aromatic carbocycles. The van der Waals surface area contributed by atoms with Gasteiger partial charge in [0, 0.05) is 12.5 Å². The molecule has 1 aromatic rings. The van der Waals surface area contributed by atoms with Crippen molar-refractivity contribution in [2.24, 2.45) is 11.8 Å². The summed E-state index contributed by atoms with van der Waals surface area (Å²) in [6, 6.07) is 8.49. The lowest BCUT2D eigenvalue weighted by Crippen LogP contribution is -2.36. The molecule has 27 heavy (non-hydrogen) atoms. The Bertz CT molecular complexity index is 542. The molecular formula is C22H37ClN2O2. The van der Waals surface area contributed by atoms with Crippen LogP contribution in [0.5, 0.6) is 5.75 Å². The first-order chi connectivity index (χ1) is 12.4. The summed E-state index contributed by atoms with van der Waals surface area (Å²) in [5.41, 5.74) is 1.28. The van der Waals surface area contributed by atoms with Crippen molar-refractivity contribution in [3.63, 3.8) is 0 Å². The molecular weight excluding hydrogens is 360 g/mol. The highest BCUT2D eigenvalue weighted by atomic mass is 35.5. The van der Waals surface area contributed by atoms with Gasteiger partial charge in [0.1, 0.15) is 5.75 Å². The zero-order valence-corrected chi connectivity index (χ0v) is 18.1. The van der Waals surface area contributed by atoms with Crippen LogP contribution in [0, 0.1) is 11.8 Å². The second-order valence-electron chi connectivity index (χ2n) is 8.09. The first-order valence-corrected chi connectivity index (χ1v) is 10.2. The third kappa shape index (κ3) is 8.98. The lowest BCUT2D eigenvalue weighted by atomic mass is 9.84. The fourth-order valence-electron chi connectivity index (χ4n) is 3.67. The number of nitrogens with one attached hydrogen (secondary N) is 2. The zero-order chi connectivity index (χ0) is 18.9. The van der Waals surface area contributed by atoms with E-state index < -0.39 is 0 Å². The first-order valence-electron chi connectivity index (χ1n) is 10.2. The first kappa shape index (κ1) is 23.8. The van der Waals surface area contributed by atoms with Crippen molar-refractivity contribution >= 4 is 18.3 Å². The lowest BCUT2D eigenvalue weighted by Gasteiger charge is -2.28. The lowest BCUT2D eigenvalue weighted by molar-refractivity contribution is -0.123. The number of amides is 1. The zero-order valence-electron chi connectivity index (χ0n) is 17.3. The van der Waals surface area contributed by atoms with E-state index >= 15 is 0 Å². The van der Waals surface area contributed by atoms with Gasteiger partial charge in [-0.05, 0) is 89.1 Å². The van der Waals surface area contributed by atoms with Crippen molar-refractivity contribution in [3.8, 4) is 5.75 Å². The van der Waals surface area contributed by atoms with Gasteiger partial charge in [-0.25, -0.2) is 0 Å². The number of carbonyl (C=O) groups is 1. The second-order valence-corrected chi connectivity index (χ2v) is 8.09. The molecule has 0 bridgehead atoms. The molecule has 0 aromatic heterocycles. The number of rotatable bonds is 9. The average molecular weight is 397 g/mol. The summed E-state index contributed by atoms with van der Waals surface area (Å²) in [4.78, 5) is 12.3. The summed E-state index contributed by atoms with van der Waals surface area (Å²) >= 11 is 0. The van der Waals surface area contributed by atoms with Crippen LogP contribution >= 0.6 is 12.4 Å². The van der Waals surface area contributed by atoms with E-state index in [-0.39, 0.29) is 30.5 Å². The summed E-state index contributed by atoms with van der Waals surface area (Å²) < 4.78 is 5.67. The fourth-order valence-corrected chi connectivity index (χ4v) is 3.67. The van der Waals surface area contributed by atoms with E-state index in [1.54, 1.807) is 0 Å². The quantitative estimate of drug-likeness (QED) is 0.652.